The fourth-order valence-electron chi connectivity index (χ4n) is 1.66. The van der Waals surface area contributed by atoms with Crippen molar-refractivity contribution >= 4 is 5.97 Å². The van der Waals surface area contributed by atoms with Crippen molar-refractivity contribution in [2.45, 2.75) is 49.2 Å². The molecule has 1 fully saturated rings. The van der Waals surface area contributed by atoms with Crippen LogP contribution in [0.1, 0.15) is 12.8 Å². The van der Waals surface area contributed by atoms with Gasteiger partial charge in [0.2, 0.25) is 0 Å². The molecule has 0 aromatic rings. The molecule has 0 bridgehead atoms. The first-order valence-electron chi connectivity index (χ1n) is 6.52. The molecule has 1 heterocycles. The third-order valence-electron chi connectivity index (χ3n) is 3.04. The highest BCUT2D eigenvalue weighted by molar-refractivity contribution is 5.79. The molecule has 0 aromatic carbocycles. The third kappa shape index (κ3) is 4.29. The first-order chi connectivity index (χ1) is 11.5. The van der Waals surface area contributed by atoms with Crippen molar-refractivity contribution in [3.05, 3.63) is 0 Å². The van der Waals surface area contributed by atoms with Gasteiger partial charge >= 0.3 is 36.2 Å². The summed E-state index contributed by atoms with van der Waals surface area (Å²) in [5, 5.41) is 0. The van der Waals surface area contributed by atoms with Gasteiger partial charge in [-0.2, -0.15) is 48.3 Å². The first-order valence-corrected chi connectivity index (χ1v) is 6.52. The summed E-state index contributed by atoms with van der Waals surface area (Å²) in [7, 11) is 0. The zero-order chi connectivity index (χ0) is 20.6. The smallest absolute Gasteiger partial charge is 0.458 e. The molecule has 1 rings (SSSR count). The van der Waals surface area contributed by atoms with Gasteiger partial charge in [0.25, 0.3) is 0 Å². The number of ether oxygens (including phenoxy) is 3. The number of hydrogen-bond donors (Lipinski definition) is 0. The number of alkyl halides is 11. The maximum Gasteiger partial charge on any atom is 0.462 e. The molecule has 154 valence electrons. The molecule has 0 amide bonds. The van der Waals surface area contributed by atoms with E-state index in [1.54, 1.807) is 0 Å². The minimum Gasteiger partial charge on any atom is -0.458 e. The van der Waals surface area contributed by atoms with Crippen molar-refractivity contribution in [3.63, 3.8) is 0 Å². The van der Waals surface area contributed by atoms with E-state index in [1.807, 2.05) is 4.74 Å². The lowest BCUT2D eigenvalue weighted by atomic mass is 10.2. The van der Waals surface area contributed by atoms with Crippen LogP contribution >= 0.6 is 0 Å². The highest BCUT2D eigenvalue weighted by Gasteiger charge is 2.80. The molecule has 0 N–H and O–H groups in total. The summed E-state index contributed by atoms with van der Waals surface area (Å²) in [5.74, 6) is -16.8. The normalized spacial score (nSPS) is 22.2. The number of carbonyl (C=O) groups excluding carboxylic acids is 1. The fourth-order valence-corrected chi connectivity index (χ4v) is 1.66. The monoisotopic (exact) mass is 414 g/mol. The highest BCUT2D eigenvalue weighted by Crippen LogP contribution is 2.51. The van der Waals surface area contributed by atoms with E-state index in [-0.39, 0.29) is 13.0 Å². The number of rotatable bonds is 6. The Morgan fingerprint density at radius 3 is 1.85 bits per heavy atom. The Morgan fingerprint density at radius 2 is 1.46 bits per heavy atom. The average molecular weight is 414 g/mol. The molecular weight excluding hydrogens is 405 g/mol. The van der Waals surface area contributed by atoms with E-state index in [0.717, 1.165) is 0 Å². The van der Waals surface area contributed by atoms with Crippen LogP contribution in [0, 0.1) is 0 Å². The number of hydrogen-bond acceptors (Lipinski definition) is 4. The van der Waals surface area contributed by atoms with Gasteiger partial charge in [-0.25, -0.2) is 4.79 Å². The van der Waals surface area contributed by atoms with E-state index >= 15 is 0 Å². The molecule has 4 nitrogen and oxygen atoms in total. The predicted molar refractivity (Wildman–Crippen MR) is 56.9 cm³/mol. The molecule has 0 saturated carbocycles. The minimum absolute atomic E-state index is 0.0919. The Balaban J connectivity index is 3.06. The highest BCUT2D eigenvalue weighted by atomic mass is 19.4. The van der Waals surface area contributed by atoms with Gasteiger partial charge in [-0.05, 0) is 12.8 Å². The topological polar surface area (TPSA) is 44.8 Å². The molecule has 0 aromatic heterocycles. The van der Waals surface area contributed by atoms with Crippen LogP contribution in [0.3, 0.4) is 0 Å². The molecule has 0 aliphatic carbocycles. The Labute approximate surface area is 137 Å². The van der Waals surface area contributed by atoms with Crippen LogP contribution in [0.4, 0.5) is 48.3 Å². The Morgan fingerprint density at radius 1 is 0.923 bits per heavy atom. The molecule has 0 radical (unpaired) electrons. The quantitative estimate of drug-likeness (QED) is 0.491. The first kappa shape index (κ1) is 22.7. The van der Waals surface area contributed by atoms with E-state index in [4.69, 9.17) is 4.74 Å². The largest absolute Gasteiger partial charge is 0.462 e. The van der Waals surface area contributed by atoms with Crippen molar-refractivity contribution in [2.75, 3.05) is 13.2 Å². The van der Waals surface area contributed by atoms with Gasteiger partial charge in [-0.1, -0.05) is 0 Å². The molecular formula is C11H9F11O4. The van der Waals surface area contributed by atoms with Crippen molar-refractivity contribution < 1.29 is 67.3 Å². The molecule has 26 heavy (non-hydrogen) atoms. The molecule has 1 aliphatic rings. The van der Waals surface area contributed by atoms with Gasteiger partial charge in [0.05, 0.1) is 6.10 Å². The molecule has 2 atom stereocenters. The molecule has 15 heteroatoms. The number of halogens is 11. The average Bonchev–Trinajstić information content (AvgIpc) is 2.94. The van der Waals surface area contributed by atoms with Gasteiger partial charge in [-0.15, -0.1) is 0 Å². The zero-order valence-electron chi connectivity index (χ0n) is 12.2. The molecule has 1 saturated heterocycles. The summed E-state index contributed by atoms with van der Waals surface area (Å²) in [4.78, 5) is 11.2. The maximum absolute atomic E-state index is 13.7. The second-order valence-corrected chi connectivity index (χ2v) is 5.02. The van der Waals surface area contributed by atoms with Crippen LogP contribution in [0.15, 0.2) is 0 Å². The summed E-state index contributed by atoms with van der Waals surface area (Å²) >= 11 is 0. The van der Waals surface area contributed by atoms with E-state index in [2.05, 4.69) is 4.74 Å². The van der Waals surface area contributed by atoms with Crippen molar-refractivity contribution in [2.24, 2.45) is 0 Å². The Bertz CT molecular complexity index is 509. The van der Waals surface area contributed by atoms with Crippen LogP contribution in [0.25, 0.3) is 0 Å². The van der Waals surface area contributed by atoms with E-state index < -0.39 is 48.9 Å². The second-order valence-electron chi connectivity index (χ2n) is 5.02. The van der Waals surface area contributed by atoms with Gasteiger partial charge < -0.3 is 9.47 Å². The van der Waals surface area contributed by atoms with E-state index in [1.165, 1.54) is 0 Å². The summed E-state index contributed by atoms with van der Waals surface area (Å²) in [5.41, 5.74) is 0. The van der Waals surface area contributed by atoms with Crippen molar-refractivity contribution in [3.8, 4) is 0 Å². The lowest BCUT2D eigenvalue weighted by Gasteiger charge is -2.33. The van der Waals surface area contributed by atoms with Crippen LogP contribution in [0.2, 0.25) is 0 Å². The van der Waals surface area contributed by atoms with E-state index in [0.29, 0.717) is 6.42 Å². The van der Waals surface area contributed by atoms with Crippen molar-refractivity contribution in [1.82, 2.24) is 0 Å². The molecule has 0 spiro atoms. The summed E-state index contributed by atoms with van der Waals surface area (Å²) in [6, 6.07) is 0. The summed E-state index contributed by atoms with van der Waals surface area (Å²) < 4.78 is 149. The SMILES string of the molecule is O=C(OCC1CCCO1)C(F)(OC(F)(F)C(F)(F)C(F)(F)F)C(F)(F)F. The second kappa shape index (κ2) is 6.98. The number of esters is 1. The third-order valence-corrected chi connectivity index (χ3v) is 3.04. The van der Waals surface area contributed by atoms with Gasteiger partial charge in [0, 0.05) is 6.61 Å². The molecule has 1 aliphatic heterocycles. The minimum atomic E-state index is -7.24. The van der Waals surface area contributed by atoms with Crippen LogP contribution < -0.4 is 0 Å². The van der Waals surface area contributed by atoms with Crippen molar-refractivity contribution in [1.29, 1.82) is 0 Å². The lowest BCUT2D eigenvalue weighted by molar-refractivity contribution is -0.475. The van der Waals surface area contributed by atoms with E-state index in [9.17, 15) is 53.1 Å². The zero-order valence-corrected chi connectivity index (χ0v) is 12.2. The van der Waals surface area contributed by atoms with Crippen LogP contribution in [0.5, 0.6) is 0 Å². The predicted octanol–water partition coefficient (Wildman–Crippen LogP) is 3.74. The molecule has 2 unspecified atom stereocenters. The standard InChI is InChI=1S/C11H9F11O4/c12-7(9(15,16)17,6(23)25-4-5-2-1-3-24-5)26-11(21,22)8(13,14)10(18,19)20/h5H,1-4H2. The van der Waals surface area contributed by atoms with Gasteiger partial charge in [0.1, 0.15) is 6.61 Å². The Kier molecular flexibility index (Phi) is 6.08. The van der Waals surface area contributed by atoms with Gasteiger partial charge in [-0.3, -0.25) is 4.74 Å². The van der Waals surface area contributed by atoms with Crippen LogP contribution in [-0.4, -0.2) is 55.5 Å². The summed E-state index contributed by atoms with van der Waals surface area (Å²) in [6.45, 7) is -1.00. The fraction of sp³-hybridized carbons (Fsp3) is 0.909. The maximum atomic E-state index is 13.7. The summed E-state index contributed by atoms with van der Waals surface area (Å²) in [6.07, 6.45) is -21.5. The van der Waals surface area contributed by atoms with Crippen LogP contribution in [-0.2, 0) is 19.0 Å². The van der Waals surface area contributed by atoms with Gasteiger partial charge in [0.15, 0.2) is 0 Å². The lowest BCUT2D eigenvalue weighted by Crippen LogP contribution is -2.62. The Hall–Kier alpha value is -1.38. The number of carbonyl (C=O) groups is 1.